The average Bonchev–Trinajstić information content (AvgIpc) is 3.02. The Morgan fingerprint density at radius 3 is 2.43 bits per heavy atom. The molecule has 1 amide bonds. The van der Waals surface area contributed by atoms with E-state index in [0.717, 1.165) is 4.47 Å². The van der Waals surface area contributed by atoms with Crippen LogP contribution in [0.5, 0.6) is 0 Å². The zero-order chi connectivity index (χ0) is 20.9. The van der Waals surface area contributed by atoms with Gasteiger partial charge in [-0.25, -0.2) is 8.42 Å². The third-order valence-corrected chi connectivity index (χ3v) is 5.55. The molecule has 0 aliphatic heterocycles. The maximum atomic E-state index is 12.5. The molecule has 0 radical (unpaired) electrons. The third kappa shape index (κ3) is 6.14. The number of ether oxygens (including phenoxy) is 1. The summed E-state index contributed by atoms with van der Waals surface area (Å²) in [7, 11) is -3.95. The van der Waals surface area contributed by atoms with Gasteiger partial charge in [-0.05, 0) is 37.1 Å². The van der Waals surface area contributed by atoms with Gasteiger partial charge in [0.2, 0.25) is 10.0 Å². The van der Waals surface area contributed by atoms with Crippen LogP contribution in [0.1, 0.15) is 19.6 Å². The minimum atomic E-state index is -3.95. The Morgan fingerprint density at radius 1 is 1.25 bits per heavy atom. The maximum Gasteiger partial charge on any atom is 0.324 e. The van der Waals surface area contributed by atoms with E-state index in [1.54, 1.807) is 32.9 Å². The number of aromatic nitrogens is 1. The Kier molecular flexibility index (Phi) is 7.33. The zero-order valence-corrected chi connectivity index (χ0v) is 17.8. The van der Waals surface area contributed by atoms with Crippen molar-refractivity contribution in [3.05, 3.63) is 40.6 Å². The lowest BCUT2D eigenvalue weighted by Gasteiger charge is -2.20. The molecule has 2 N–H and O–H groups in total. The van der Waals surface area contributed by atoms with Gasteiger partial charge in [-0.3, -0.25) is 9.59 Å². The number of rotatable bonds is 8. The highest BCUT2D eigenvalue weighted by molar-refractivity contribution is 9.10. The maximum absolute atomic E-state index is 12.5. The molecular formula is C17H20BrN3O6S. The number of amides is 1. The van der Waals surface area contributed by atoms with Crippen LogP contribution in [-0.2, 0) is 24.3 Å². The van der Waals surface area contributed by atoms with Crippen LogP contribution in [0.3, 0.4) is 0 Å². The number of halogens is 1. The van der Waals surface area contributed by atoms with Crippen molar-refractivity contribution in [3.63, 3.8) is 0 Å². The summed E-state index contributed by atoms with van der Waals surface area (Å²) in [6.45, 7) is 4.39. The summed E-state index contributed by atoms with van der Waals surface area (Å²) in [5.74, 6) is -1.19. The predicted molar refractivity (Wildman–Crippen MR) is 104 cm³/mol. The van der Waals surface area contributed by atoms with E-state index in [0.29, 0.717) is 5.76 Å². The molecule has 0 bridgehead atoms. The lowest BCUT2D eigenvalue weighted by molar-refractivity contribution is -0.150. The van der Waals surface area contributed by atoms with Crippen molar-refractivity contribution in [2.75, 3.05) is 11.9 Å². The van der Waals surface area contributed by atoms with Crippen LogP contribution in [0, 0.1) is 12.8 Å². The van der Waals surface area contributed by atoms with Crippen molar-refractivity contribution >= 4 is 43.6 Å². The fourth-order valence-electron chi connectivity index (χ4n) is 2.14. The average molecular weight is 474 g/mol. The van der Waals surface area contributed by atoms with Gasteiger partial charge in [0.25, 0.3) is 5.91 Å². The molecule has 0 saturated carbocycles. The molecule has 0 unspecified atom stereocenters. The molecule has 11 heteroatoms. The molecule has 0 spiro atoms. The standard InChI is InChI=1S/C17H20BrN3O6S/c1-10(2)16(21-28(24,25)13-6-4-12(18)5-7-13)17(23)26-9-15(22)19-14-8-11(3)27-20-14/h4-8,10,16,21H,9H2,1-3H3,(H,19,20,22)/t16-/m0/s1. The van der Waals surface area contributed by atoms with Crippen molar-refractivity contribution < 1.29 is 27.3 Å². The number of carbonyl (C=O) groups is 2. The number of hydrogen-bond acceptors (Lipinski definition) is 7. The molecule has 0 saturated heterocycles. The number of hydrogen-bond donors (Lipinski definition) is 2. The number of aryl methyl sites for hydroxylation is 1. The molecule has 0 aliphatic rings. The van der Waals surface area contributed by atoms with Crippen LogP contribution < -0.4 is 10.0 Å². The molecule has 1 aromatic heterocycles. The normalized spacial score (nSPS) is 12.6. The highest BCUT2D eigenvalue weighted by Crippen LogP contribution is 2.16. The number of esters is 1. The van der Waals surface area contributed by atoms with Crippen molar-refractivity contribution in [3.8, 4) is 0 Å². The fraction of sp³-hybridized carbons (Fsp3) is 0.353. The van der Waals surface area contributed by atoms with Gasteiger partial charge in [-0.15, -0.1) is 0 Å². The SMILES string of the molecule is Cc1cc(NC(=O)COC(=O)[C@@H](NS(=O)(=O)c2ccc(Br)cc2)C(C)C)no1. The second kappa shape index (κ2) is 9.30. The summed E-state index contributed by atoms with van der Waals surface area (Å²) in [5, 5.41) is 5.99. The second-order valence-electron chi connectivity index (χ2n) is 6.28. The van der Waals surface area contributed by atoms with Crippen LogP contribution in [0.25, 0.3) is 0 Å². The lowest BCUT2D eigenvalue weighted by Crippen LogP contribution is -2.45. The van der Waals surface area contributed by atoms with Gasteiger partial charge in [-0.2, -0.15) is 4.72 Å². The first kappa shape index (κ1) is 22.1. The Hall–Kier alpha value is -2.24. The molecule has 2 rings (SSSR count). The van der Waals surface area contributed by atoms with Crippen LogP contribution >= 0.6 is 15.9 Å². The molecule has 2 aromatic rings. The number of nitrogens with one attached hydrogen (secondary N) is 2. The summed E-state index contributed by atoms with van der Waals surface area (Å²) in [6.07, 6.45) is 0. The first-order valence-electron chi connectivity index (χ1n) is 8.26. The van der Waals surface area contributed by atoms with E-state index in [1.165, 1.54) is 18.2 Å². The number of anilines is 1. The number of sulfonamides is 1. The monoisotopic (exact) mass is 473 g/mol. The second-order valence-corrected chi connectivity index (χ2v) is 8.91. The molecule has 28 heavy (non-hydrogen) atoms. The quantitative estimate of drug-likeness (QED) is 0.562. The van der Waals surface area contributed by atoms with E-state index in [9.17, 15) is 18.0 Å². The highest BCUT2D eigenvalue weighted by atomic mass is 79.9. The van der Waals surface area contributed by atoms with Crippen LogP contribution in [0.4, 0.5) is 5.82 Å². The predicted octanol–water partition coefficient (Wildman–Crippen LogP) is 2.23. The van der Waals surface area contributed by atoms with Gasteiger partial charge in [-0.1, -0.05) is 34.9 Å². The van der Waals surface area contributed by atoms with E-state index in [1.807, 2.05) is 0 Å². The molecule has 0 aliphatic carbocycles. The van der Waals surface area contributed by atoms with Crippen molar-refractivity contribution in [1.29, 1.82) is 0 Å². The summed E-state index contributed by atoms with van der Waals surface area (Å²) in [5.41, 5.74) is 0. The van der Waals surface area contributed by atoms with Crippen LogP contribution in [0.15, 0.2) is 44.2 Å². The highest BCUT2D eigenvalue weighted by Gasteiger charge is 2.30. The van der Waals surface area contributed by atoms with Crippen molar-refractivity contribution in [2.45, 2.75) is 31.7 Å². The van der Waals surface area contributed by atoms with Gasteiger partial charge in [0.05, 0.1) is 4.90 Å². The number of nitrogens with zero attached hydrogens (tertiary/aromatic N) is 1. The van der Waals surface area contributed by atoms with Gasteiger partial charge in [0.15, 0.2) is 12.4 Å². The Morgan fingerprint density at radius 2 is 1.89 bits per heavy atom. The van der Waals surface area contributed by atoms with Gasteiger partial charge < -0.3 is 14.6 Å². The van der Waals surface area contributed by atoms with E-state index in [2.05, 4.69) is 31.1 Å². The summed E-state index contributed by atoms with van der Waals surface area (Å²) in [4.78, 5) is 24.2. The molecule has 152 valence electrons. The molecule has 1 aromatic carbocycles. The first-order chi connectivity index (χ1) is 13.1. The minimum Gasteiger partial charge on any atom is -0.454 e. The Balaban J connectivity index is 1.99. The Labute approximate surface area is 171 Å². The van der Waals surface area contributed by atoms with E-state index in [-0.39, 0.29) is 10.7 Å². The summed E-state index contributed by atoms with van der Waals surface area (Å²) >= 11 is 3.23. The molecule has 1 atom stereocenters. The first-order valence-corrected chi connectivity index (χ1v) is 10.5. The molecule has 9 nitrogen and oxygen atoms in total. The van der Waals surface area contributed by atoms with E-state index >= 15 is 0 Å². The van der Waals surface area contributed by atoms with Crippen molar-refractivity contribution in [2.24, 2.45) is 5.92 Å². The largest absolute Gasteiger partial charge is 0.454 e. The van der Waals surface area contributed by atoms with Crippen LogP contribution in [-0.4, -0.2) is 38.1 Å². The smallest absolute Gasteiger partial charge is 0.324 e. The van der Waals surface area contributed by atoms with Gasteiger partial charge in [0, 0.05) is 10.5 Å². The minimum absolute atomic E-state index is 0.00768. The lowest BCUT2D eigenvalue weighted by atomic mass is 10.1. The molecule has 1 heterocycles. The van der Waals surface area contributed by atoms with E-state index < -0.39 is 40.5 Å². The zero-order valence-electron chi connectivity index (χ0n) is 15.4. The molecular weight excluding hydrogens is 454 g/mol. The summed E-state index contributed by atoms with van der Waals surface area (Å²) < 4.78 is 37.9. The van der Waals surface area contributed by atoms with Gasteiger partial charge >= 0.3 is 5.97 Å². The topological polar surface area (TPSA) is 128 Å². The molecule has 0 fully saturated rings. The number of carbonyl (C=O) groups excluding carboxylic acids is 2. The fourth-order valence-corrected chi connectivity index (χ4v) is 3.73. The number of benzene rings is 1. The third-order valence-electron chi connectivity index (χ3n) is 3.57. The Bertz CT molecular complexity index is 940. The summed E-state index contributed by atoms with van der Waals surface area (Å²) in [6, 6.07) is 6.31. The van der Waals surface area contributed by atoms with Gasteiger partial charge in [0.1, 0.15) is 11.8 Å². The van der Waals surface area contributed by atoms with E-state index in [4.69, 9.17) is 9.26 Å². The van der Waals surface area contributed by atoms with Crippen molar-refractivity contribution in [1.82, 2.24) is 9.88 Å². The van der Waals surface area contributed by atoms with Crippen LogP contribution in [0.2, 0.25) is 0 Å².